The van der Waals surface area contributed by atoms with Gasteiger partial charge in [-0.2, -0.15) is 0 Å². The number of thiocarbonyl (C=S) groups is 1. The molecule has 88 valence electrons. The Morgan fingerprint density at radius 1 is 1.47 bits per heavy atom. The van der Waals surface area contributed by atoms with Gasteiger partial charge >= 0.3 is 0 Å². The van der Waals surface area contributed by atoms with Gasteiger partial charge < -0.3 is 11.1 Å². The van der Waals surface area contributed by atoms with Crippen molar-refractivity contribution < 1.29 is 4.79 Å². The minimum atomic E-state index is 0.0790. The molecule has 0 aliphatic rings. The standard InChI is InChI=1S/C12H12N2OS2/c1-9(15)17-8-2-3-10-4-6-11(7-5-10)14-12(13)16/h4-7H,8H2,1H3,(H3,13,14,16). The van der Waals surface area contributed by atoms with Crippen LogP contribution in [0, 0.1) is 11.8 Å². The summed E-state index contributed by atoms with van der Waals surface area (Å²) in [6.45, 7) is 1.53. The third-order valence-electron chi connectivity index (χ3n) is 1.73. The van der Waals surface area contributed by atoms with Crippen molar-refractivity contribution >= 4 is 39.9 Å². The second-order valence-corrected chi connectivity index (χ2v) is 4.74. The number of anilines is 1. The number of thioether (sulfide) groups is 1. The van der Waals surface area contributed by atoms with Crippen LogP contribution in [0.1, 0.15) is 12.5 Å². The van der Waals surface area contributed by atoms with Crippen LogP contribution in [-0.4, -0.2) is 16.0 Å². The fourth-order valence-corrected chi connectivity index (χ4v) is 1.52. The molecule has 17 heavy (non-hydrogen) atoms. The van der Waals surface area contributed by atoms with Crippen molar-refractivity contribution in [3.63, 3.8) is 0 Å². The number of nitrogens with one attached hydrogen (secondary N) is 1. The van der Waals surface area contributed by atoms with E-state index in [4.69, 9.17) is 18.0 Å². The average molecular weight is 264 g/mol. The molecule has 0 aromatic heterocycles. The van der Waals surface area contributed by atoms with Crippen LogP contribution in [0.4, 0.5) is 5.69 Å². The van der Waals surface area contributed by atoms with Crippen molar-refractivity contribution in [3.05, 3.63) is 29.8 Å². The number of benzene rings is 1. The number of carbonyl (C=O) groups is 1. The lowest BCUT2D eigenvalue weighted by molar-refractivity contribution is -0.109. The van der Waals surface area contributed by atoms with Gasteiger partial charge in [0.1, 0.15) is 0 Å². The quantitative estimate of drug-likeness (QED) is 0.632. The lowest BCUT2D eigenvalue weighted by Gasteiger charge is -2.02. The van der Waals surface area contributed by atoms with E-state index in [0.29, 0.717) is 5.75 Å². The van der Waals surface area contributed by atoms with Gasteiger partial charge in [0.15, 0.2) is 10.2 Å². The molecular weight excluding hydrogens is 252 g/mol. The highest BCUT2D eigenvalue weighted by molar-refractivity contribution is 8.13. The van der Waals surface area contributed by atoms with Crippen LogP contribution in [0.25, 0.3) is 0 Å². The van der Waals surface area contributed by atoms with Gasteiger partial charge in [-0.15, -0.1) is 0 Å². The van der Waals surface area contributed by atoms with Crippen LogP contribution >= 0.6 is 24.0 Å². The van der Waals surface area contributed by atoms with Gasteiger partial charge in [0.2, 0.25) is 0 Å². The maximum Gasteiger partial charge on any atom is 0.186 e. The van der Waals surface area contributed by atoms with Crippen molar-refractivity contribution in [1.29, 1.82) is 0 Å². The molecule has 3 N–H and O–H groups in total. The summed E-state index contributed by atoms with van der Waals surface area (Å²) in [5.41, 5.74) is 7.07. The Balaban J connectivity index is 2.55. The zero-order valence-corrected chi connectivity index (χ0v) is 11.0. The summed E-state index contributed by atoms with van der Waals surface area (Å²) in [5.74, 6) is 6.40. The van der Waals surface area contributed by atoms with E-state index >= 15 is 0 Å². The second-order valence-electron chi connectivity index (χ2n) is 3.15. The van der Waals surface area contributed by atoms with Gasteiger partial charge in [-0.3, -0.25) is 4.79 Å². The topological polar surface area (TPSA) is 55.1 Å². The molecular formula is C12H12N2OS2. The van der Waals surface area contributed by atoms with Crippen LogP contribution in [0.5, 0.6) is 0 Å². The lowest BCUT2D eigenvalue weighted by Crippen LogP contribution is -2.18. The molecule has 0 radical (unpaired) electrons. The Hall–Kier alpha value is -1.51. The third-order valence-corrected chi connectivity index (χ3v) is 2.53. The summed E-state index contributed by atoms with van der Waals surface area (Å²) < 4.78 is 0. The smallest absolute Gasteiger partial charge is 0.186 e. The third kappa shape index (κ3) is 5.95. The maximum atomic E-state index is 10.7. The molecule has 0 bridgehead atoms. The molecule has 0 fully saturated rings. The molecule has 5 heteroatoms. The van der Waals surface area contributed by atoms with Gasteiger partial charge in [0.05, 0.1) is 5.75 Å². The van der Waals surface area contributed by atoms with E-state index in [0.717, 1.165) is 11.3 Å². The minimum Gasteiger partial charge on any atom is -0.376 e. The zero-order valence-electron chi connectivity index (χ0n) is 9.32. The molecule has 3 nitrogen and oxygen atoms in total. The van der Waals surface area contributed by atoms with Gasteiger partial charge in [0, 0.05) is 18.2 Å². The number of nitrogens with two attached hydrogens (primary N) is 1. The zero-order chi connectivity index (χ0) is 12.7. The first-order valence-electron chi connectivity index (χ1n) is 4.86. The van der Waals surface area contributed by atoms with Crippen LogP contribution in [0.2, 0.25) is 0 Å². The first kappa shape index (κ1) is 13.6. The summed E-state index contributed by atoms with van der Waals surface area (Å²) in [6.07, 6.45) is 0. The summed E-state index contributed by atoms with van der Waals surface area (Å²) in [7, 11) is 0. The fourth-order valence-electron chi connectivity index (χ4n) is 1.06. The van der Waals surface area contributed by atoms with Gasteiger partial charge in [-0.05, 0) is 36.5 Å². The van der Waals surface area contributed by atoms with Crippen LogP contribution in [-0.2, 0) is 4.79 Å². The van der Waals surface area contributed by atoms with E-state index in [1.165, 1.54) is 18.7 Å². The van der Waals surface area contributed by atoms with Crippen LogP contribution < -0.4 is 11.1 Å². The van der Waals surface area contributed by atoms with E-state index in [9.17, 15) is 4.79 Å². The first-order valence-corrected chi connectivity index (χ1v) is 6.26. The Morgan fingerprint density at radius 2 is 2.12 bits per heavy atom. The molecule has 0 aliphatic carbocycles. The Kier molecular flexibility index (Phi) is 5.53. The molecule has 0 saturated heterocycles. The summed E-state index contributed by atoms with van der Waals surface area (Å²) in [4.78, 5) is 10.7. The second kappa shape index (κ2) is 6.94. The molecule has 0 saturated carbocycles. The van der Waals surface area contributed by atoms with E-state index < -0.39 is 0 Å². The fraction of sp³-hybridized carbons (Fsp3) is 0.167. The van der Waals surface area contributed by atoms with E-state index in [-0.39, 0.29) is 10.2 Å². The molecule has 1 aromatic rings. The number of hydrogen-bond acceptors (Lipinski definition) is 3. The highest BCUT2D eigenvalue weighted by Gasteiger charge is 1.93. The summed E-state index contributed by atoms with van der Waals surface area (Å²) in [6, 6.07) is 7.43. The van der Waals surface area contributed by atoms with E-state index in [2.05, 4.69) is 17.2 Å². The van der Waals surface area contributed by atoms with Crippen LogP contribution in [0.3, 0.4) is 0 Å². The van der Waals surface area contributed by atoms with Crippen molar-refractivity contribution in [3.8, 4) is 11.8 Å². The Bertz CT molecular complexity index is 472. The highest BCUT2D eigenvalue weighted by atomic mass is 32.2. The Morgan fingerprint density at radius 3 is 2.65 bits per heavy atom. The highest BCUT2D eigenvalue weighted by Crippen LogP contribution is 2.08. The molecule has 0 spiro atoms. The molecule has 1 aromatic carbocycles. The number of hydrogen-bond donors (Lipinski definition) is 2. The normalized spacial score (nSPS) is 9.00. The molecule has 0 unspecified atom stereocenters. The van der Waals surface area contributed by atoms with Gasteiger partial charge in [-0.1, -0.05) is 23.6 Å². The first-order chi connectivity index (χ1) is 8.08. The van der Waals surface area contributed by atoms with Gasteiger partial charge in [0.25, 0.3) is 0 Å². The predicted octanol–water partition coefficient (Wildman–Crippen LogP) is 1.97. The van der Waals surface area contributed by atoms with E-state index in [1.807, 2.05) is 24.3 Å². The van der Waals surface area contributed by atoms with Crippen LogP contribution in [0.15, 0.2) is 24.3 Å². The lowest BCUT2D eigenvalue weighted by atomic mass is 10.2. The number of rotatable bonds is 2. The van der Waals surface area contributed by atoms with Crippen molar-refractivity contribution in [2.75, 3.05) is 11.1 Å². The van der Waals surface area contributed by atoms with Gasteiger partial charge in [-0.25, -0.2) is 0 Å². The SMILES string of the molecule is CC(=O)SCC#Cc1ccc(NC(N)=S)cc1. The monoisotopic (exact) mass is 264 g/mol. The van der Waals surface area contributed by atoms with E-state index in [1.54, 1.807) is 0 Å². The molecule has 1 rings (SSSR count). The maximum absolute atomic E-state index is 10.7. The molecule has 0 amide bonds. The Labute approximate surface area is 110 Å². The molecule has 0 aliphatic heterocycles. The van der Waals surface area contributed by atoms with Crippen molar-refractivity contribution in [2.24, 2.45) is 5.73 Å². The predicted molar refractivity (Wildman–Crippen MR) is 76.9 cm³/mol. The largest absolute Gasteiger partial charge is 0.376 e. The number of carbonyl (C=O) groups excluding carboxylic acids is 1. The minimum absolute atomic E-state index is 0.0790. The van der Waals surface area contributed by atoms with Crippen molar-refractivity contribution in [1.82, 2.24) is 0 Å². The summed E-state index contributed by atoms with van der Waals surface area (Å²) >= 11 is 5.93. The molecule has 0 heterocycles. The van der Waals surface area contributed by atoms with Crippen molar-refractivity contribution in [2.45, 2.75) is 6.92 Å². The molecule has 0 atom stereocenters. The average Bonchev–Trinajstić information content (AvgIpc) is 2.25. The summed E-state index contributed by atoms with van der Waals surface area (Å²) in [5, 5.41) is 3.14.